The van der Waals surface area contributed by atoms with E-state index in [-0.39, 0.29) is 17.9 Å². The molecule has 1 aromatic carbocycles. The Balaban J connectivity index is 2.11. The van der Waals surface area contributed by atoms with Gasteiger partial charge in [0.25, 0.3) is 0 Å². The second kappa shape index (κ2) is 5.38. The maximum atomic E-state index is 12.0. The summed E-state index contributed by atoms with van der Waals surface area (Å²) >= 11 is 0. The molecule has 2 amide bonds. The third-order valence-corrected chi connectivity index (χ3v) is 3.23. The number of hydrogen-bond donors (Lipinski definition) is 3. The summed E-state index contributed by atoms with van der Waals surface area (Å²) in [5.41, 5.74) is 12.8. The monoisotopic (exact) mass is 263 g/mol. The Bertz CT molecular complexity index is 516. The second-order valence-corrected chi connectivity index (χ2v) is 4.69. The smallest absolute Gasteiger partial charge is 0.248 e. The summed E-state index contributed by atoms with van der Waals surface area (Å²) in [5.74, 6) is -0.998. The molecule has 19 heavy (non-hydrogen) atoms. The largest absolute Gasteiger partial charge is 0.379 e. The first-order valence-electron chi connectivity index (χ1n) is 6.03. The van der Waals surface area contributed by atoms with Gasteiger partial charge in [0.1, 0.15) is 0 Å². The lowest BCUT2D eigenvalue weighted by molar-refractivity contribution is -0.120. The van der Waals surface area contributed by atoms with Gasteiger partial charge in [-0.3, -0.25) is 9.59 Å². The Morgan fingerprint density at radius 2 is 2.11 bits per heavy atom. The number of carbonyl (C=O) groups excluding carboxylic acids is 2. The van der Waals surface area contributed by atoms with Crippen LogP contribution in [0.4, 0.5) is 5.69 Å². The Morgan fingerprint density at radius 1 is 1.37 bits per heavy atom. The van der Waals surface area contributed by atoms with Crippen LogP contribution in [0.5, 0.6) is 0 Å². The number of hydrogen-bond acceptors (Lipinski definition) is 4. The minimum atomic E-state index is -0.493. The Hall–Kier alpha value is -1.92. The van der Waals surface area contributed by atoms with E-state index in [1.807, 2.05) is 0 Å². The normalized spacial score (nSPS) is 22.2. The van der Waals surface area contributed by atoms with Gasteiger partial charge >= 0.3 is 0 Å². The van der Waals surface area contributed by atoms with Crippen molar-refractivity contribution in [3.8, 4) is 0 Å². The molecule has 0 saturated carbocycles. The van der Waals surface area contributed by atoms with Gasteiger partial charge < -0.3 is 21.5 Å². The third-order valence-electron chi connectivity index (χ3n) is 3.23. The molecule has 0 spiro atoms. The van der Waals surface area contributed by atoms with Crippen molar-refractivity contribution >= 4 is 17.5 Å². The van der Waals surface area contributed by atoms with E-state index in [1.54, 1.807) is 25.1 Å². The minimum absolute atomic E-state index is 0.167. The van der Waals surface area contributed by atoms with E-state index < -0.39 is 5.91 Å². The van der Waals surface area contributed by atoms with E-state index in [9.17, 15) is 9.59 Å². The quantitative estimate of drug-likeness (QED) is 0.713. The molecule has 1 aromatic rings. The van der Waals surface area contributed by atoms with Gasteiger partial charge in [0.2, 0.25) is 11.8 Å². The van der Waals surface area contributed by atoms with Crippen LogP contribution in [0, 0.1) is 12.8 Å². The average molecular weight is 263 g/mol. The van der Waals surface area contributed by atoms with Crippen LogP contribution in [0.1, 0.15) is 15.9 Å². The number of benzene rings is 1. The molecule has 6 nitrogen and oxygen atoms in total. The lowest BCUT2D eigenvalue weighted by Gasteiger charge is -2.15. The molecule has 102 valence electrons. The first-order chi connectivity index (χ1) is 8.99. The summed E-state index contributed by atoms with van der Waals surface area (Å²) in [5, 5.41) is 2.80. The molecule has 5 N–H and O–H groups in total. The van der Waals surface area contributed by atoms with Crippen molar-refractivity contribution in [2.45, 2.75) is 13.0 Å². The molecule has 6 heteroatoms. The molecule has 0 radical (unpaired) electrons. The fourth-order valence-electron chi connectivity index (χ4n) is 2.02. The molecule has 0 aromatic heterocycles. The van der Waals surface area contributed by atoms with Gasteiger partial charge in [-0.15, -0.1) is 0 Å². The highest BCUT2D eigenvalue weighted by Gasteiger charge is 2.31. The number of nitrogens with two attached hydrogens (primary N) is 2. The van der Waals surface area contributed by atoms with Crippen molar-refractivity contribution in [1.29, 1.82) is 0 Å². The van der Waals surface area contributed by atoms with Gasteiger partial charge in [0.15, 0.2) is 0 Å². The standard InChI is InChI=1S/C13H17N3O3/c1-7-4-8(12(15)17)2-3-11(7)16-13(18)9-5-19-6-10(9)14/h2-4,9-10H,5-6,14H2,1H3,(H2,15,17)(H,16,18). The van der Waals surface area contributed by atoms with Crippen LogP contribution in [0.2, 0.25) is 0 Å². The minimum Gasteiger partial charge on any atom is -0.379 e. The summed E-state index contributed by atoms with van der Waals surface area (Å²) in [7, 11) is 0. The average Bonchev–Trinajstić information content (AvgIpc) is 2.77. The molecule has 1 heterocycles. The van der Waals surface area contributed by atoms with Crippen molar-refractivity contribution in [2.75, 3.05) is 18.5 Å². The SMILES string of the molecule is Cc1cc(C(N)=O)ccc1NC(=O)C1COCC1N. The zero-order valence-corrected chi connectivity index (χ0v) is 10.7. The van der Waals surface area contributed by atoms with Crippen LogP contribution in [0.3, 0.4) is 0 Å². The van der Waals surface area contributed by atoms with E-state index in [1.165, 1.54) is 0 Å². The van der Waals surface area contributed by atoms with Crippen LogP contribution in [0.15, 0.2) is 18.2 Å². The number of amides is 2. The molecule has 1 saturated heterocycles. The summed E-state index contributed by atoms with van der Waals surface area (Å²) in [4.78, 5) is 23.1. The predicted molar refractivity (Wildman–Crippen MR) is 70.6 cm³/mol. The number of rotatable bonds is 3. The molecule has 1 aliphatic rings. The molecule has 1 fully saturated rings. The maximum Gasteiger partial charge on any atom is 0.248 e. The zero-order valence-electron chi connectivity index (χ0n) is 10.7. The zero-order chi connectivity index (χ0) is 14.0. The first kappa shape index (κ1) is 13.5. The van der Waals surface area contributed by atoms with Crippen LogP contribution in [-0.4, -0.2) is 31.1 Å². The lowest BCUT2D eigenvalue weighted by atomic mass is 10.0. The second-order valence-electron chi connectivity index (χ2n) is 4.69. The van der Waals surface area contributed by atoms with Crippen molar-refractivity contribution in [3.05, 3.63) is 29.3 Å². The van der Waals surface area contributed by atoms with E-state index in [2.05, 4.69) is 5.32 Å². The highest BCUT2D eigenvalue weighted by Crippen LogP contribution is 2.19. The number of aryl methyl sites for hydroxylation is 1. The highest BCUT2D eigenvalue weighted by molar-refractivity contribution is 5.96. The number of primary amides is 1. The van der Waals surface area contributed by atoms with E-state index in [0.29, 0.717) is 24.5 Å². The van der Waals surface area contributed by atoms with Crippen molar-refractivity contribution < 1.29 is 14.3 Å². The predicted octanol–water partition coefficient (Wildman–Crippen LogP) is 0.00612. The van der Waals surface area contributed by atoms with Crippen LogP contribution in [0.25, 0.3) is 0 Å². The molecule has 2 atom stereocenters. The fourth-order valence-corrected chi connectivity index (χ4v) is 2.02. The Labute approximate surface area is 111 Å². The molecule has 2 unspecified atom stereocenters. The topological polar surface area (TPSA) is 107 Å². The van der Waals surface area contributed by atoms with Gasteiger partial charge in [0, 0.05) is 17.3 Å². The van der Waals surface area contributed by atoms with Gasteiger partial charge in [-0.1, -0.05) is 0 Å². The molecule has 0 bridgehead atoms. The fraction of sp³-hybridized carbons (Fsp3) is 0.385. The summed E-state index contributed by atoms with van der Waals surface area (Å²) < 4.78 is 5.16. The molecule has 2 rings (SSSR count). The maximum absolute atomic E-state index is 12.0. The van der Waals surface area contributed by atoms with Crippen molar-refractivity contribution in [2.24, 2.45) is 17.4 Å². The Kier molecular flexibility index (Phi) is 3.82. The van der Waals surface area contributed by atoms with Gasteiger partial charge in [-0.05, 0) is 30.7 Å². The van der Waals surface area contributed by atoms with Crippen LogP contribution < -0.4 is 16.8 Å². The van der Waals surface area contributed by atoms with Gasteiger partial charge in [0.05, 0.1) is 19.1 Å². The van der Waals surface area contributed by atoms with Crippen molar-refractivity contribution in [3.63, 3.8) is 0 Å². The number of ether oxygens (including phenoxy) is 1. The van der Waals surface area contributed by atoms with E-state index in [0.717, 1.165) is 5.56 Å². The Morgan fingerprint density at radius 3 is 2.63 bits per heavy atom. The molecule has 0 aliphatic carbocycles. The summed E-state index contributed by atoms with van der Waals surface area (Å²) in [6.45, 7) is 2.54. The number of anilines is 1. The molecular weight excluding hydrogens is 246 g/mol. The molecule has 1 aliphatic heterocycles. The van der Waals surface area contributed by atoms with Gasteiger partial charge in [-0.25, -0.2) is 0 Å². The third kappa shape index (κ3) is 2.91. The number of nitrogens with one attached hydrogen (secondary N) is 1. The van der Waals surface area contributed by atoms with Gasteiger partial charge in [-0.2, -0.15) is 0 Å². The van der Waals surface area contributed by atoms with E-state index in [4.69, 9.17) is 16.2 Å². The summed E-state index contributed by atoms with van der Waals surface area (Å²) in [6.07, 6.45) is 0. The number of carbonyl (C=O) groups is 2. The first-order valence-corrected chi connectivity index (χ1v) is 6.03. The summed E-state index contributed by atoms with van der Waals surface area (Å²) in [6, 6.07) is 4.61. The van der Waals surface area contributed by atoms with Crippen LogP contribution >= 0.6 is 0 Å². The van der Waals surface area contributed by atoms with Crippen molar-refractivity contribution in [1.82, 2.24) is 0 Å². The lowest BCUT2D eigenvalue weighted by Crippen LogP contribution is -2.37. The molecular formula is C13H17N3O3. The highest BCUT2D eigenvalue weighted by atomic mass is 16.5. The van der Waals surface area contributed by atoms with Crippen LogP contribution in [-0.2, 0) is 9.53 Å². The van der Waals surface area contributed by atoms with E-state index >= 15 is 0 Å².